The van der Waals surface area contributed by atoms with Gasteiger partial charge in [0.05, 0.1) is 4.92 Å². The summed E-state index contributed by atoms with van der Waals surface area (Å²) in [6.07, 6.45) is 7.39. The van der Waals surface area contributed by atoms with E-state index in [4.69, 9.17) is 10.7 Å². The first-order valence-corrected chi connectivity index (χ1v) is 9.77. The highest BCUT2D eigenvalue weighted by molar-refractivity contribution is 5.95. The Bertz CT molecular complexity index is 759. The molecular weight excluding hydrogens is 342 g/mol. The number of rotatable bonds is 5. The molecule has 1 fully saturated rings. The molecule has 1 aromatic carbocycles. The molecule has 0 unspecified atom stereocenters. The number of hydrogen-bond acceptors (Lipinski definition) is 6. The van der Waals surface area contributed by atoms with Gasteiger partial charge in [0.2, 0.25) is 0 Å². The van der Waals surface area contributed by atoms with Crippen LogP contribution in [0.2, 0.25) is 0 Å². The van der Waals surface area contributed by atoms with Crippen LogP contribution in [0.3, 0.4) is 0 Å². The summed E-state index contributed by atoms with van der Waals surface area (Å²) in [7, 11) is 0. The van der Waals surface area contributed by atoms with Gasteiger partial charge in [0.25, 0.3) is 5.69 Å². The molecule has 0 spiro atoms. The highest BCUT2D eigenvalue weighted by Gasteiger charge is 2.24. The summed E-state index contributed by atoms with van der Waals surface area (Å²) in [5, 5.41) is 11.3. The lowest BCUT2D eigenvalue weighted by Gasteiger charge is -2.36. The number of piperidine rings is 1. The van der Waals surface area contributed by atoms with Gasteiger partial charge in [-0.05, 0) is 44.7 Å². The zero-order valence-electron chi connectivity index (χ0n) is 16.2. The number of aliphatic imine (C=N–C) groups is 1. The van der Waals surface area contributed by atoms with Gasteiger partial charge in [-0.2, -0.15) is 0 Å². The molecule has 7 heteroatoms. The second-order valence-corrected chi connectivity index (χ2v) is 7.40. The quantitative estimate of drug-likeness (QED) is 0.631. The number of nitrogens with zero attached hydrogens (tertiary/aromatic N) is 4. The van der Waals surface area contributed by atoms with Crippen LogP contribution in [0, 0.1) is 17.0 Å². The fourth-order valence-corrected chi connectivity index (χ4v) is 3.69. The molecular formula is C20H29N5O2. The maximum atomic E-state index is 11.3. The molecule has 3 rings (SSSR count). The number of anilines is 1. The molecule has 7 nitrogen and oxygen atoms in total. The van der Waals surface area contributed by atoms with Crippen LogP contribution in [-0.2, 0) is 0 Å². The number of unbranched alkanes of at least 4 members (excludes halogenated alkanes) is 1. The van der Waals surface area contributed by atoms with E-state index in [1.54, 1.807) is 13.0 Å². The topological polar surface area (TPSA) is 88.0 Å². The predicted molar refractivity (Wildman–Crippen MR) is 109 cm³/mol. The standard InChI is InChI=1S/C20H29N5O2/c1-3-4-7-17-12-20(23-10-5-6-16(21)13-23)22-14-24(17)18-9-8-15(2)19(11-18)25(26)27/h8-9,11-12,16H,3-7,10,13-14,21H2,1-2H3/t16-/m1/s1. The third kappa shape index (κ3) is 4.47. The van der Waals surface area contributed by atoms with Crippen LogP contribution < -0.4 is 10.6 Å². The van der Waals surface area contributed by atoms with Crippen LogP contribution in [-0.4, -0.2) is 41.5 Å². The van der Waals surface area contributed by atoms with Gasteiger partial charge in [0.15, 0.2) is 0 Å². The SMILES string of the molecule is CCCCC1=CC(N2CCC[C@@H](N)C2)=NCN1c1ccc(C)c([N+](=O)[O-])c1. The summed E-state index contributed by atoms with van der Waals surface area (Å²) in [6, 6.07) is 5.62. The molecule has 0 amide bonds. The Labute approximate surface area is 160 Å². The molecule has 1 atom stereocenters. The van der Waals surface area contributed by atoms with Crippen molar-refractivity contribution in [1.82, 2.24) is 4.90 Å². The van der Waals surface area contributed by atoms with Crippen molar-refractivity contribution in [3.8, 4) is 0 Å². The molecule has 0 bridgehead atoms. The van der Waals surface area contributed by atoms with Gasteiger partial charge < -0.3 is 15.5 Å². The van der Waals surface area contributed by atoms with Crippen molar-refractivity contribution in [3.63, 3.8) is 0 Å². The normalized spacial score (nSPS) is 20.3. The van der Waals surface area contributed by atoms with E-state index in [1.165, 1.54) is 5.70 Å². The largest absolute Gasteiger partial charge is 0.355 e. The number of nitrogens with two attached hydrogens (primary N) is 1. The van der Waals surface area contributed by atoms with Crippen molar-refractivity contribution in [2.45, 2.75) is 52.0 Å². The Morgan fingerprint density at radius 1 is 1.41 bits per heavy atom. The predicted octanol–water partition coefficient (Wildman–Crippen LogP) is 3.58. The first-order valence-electron chi connectivity index (χ1n) is 9.77. The van der Waals surface area contributed by atoms with E-state index in [-0.39, 0.29) is 16.7 Å². The fourth-order valence-electron chi connectivity index (χ4n) is 3.69. The lowest BCUT2D eigenvalue weighted by molar-refractivity contribution is -0.385. The number of likely N-dealkylation sites (tertiary alicyclic amines) is 1. The fraction of sp³-hybridized carbons (Fsp3) is 0.550. The minimum absolute atomic E-state index is 0.152. The van der Waals surface area contributed by atoms with Crippen LogP contribution in [0.15, 0.2) is 35.0 Å². The Balaban J connectivity index is 1.87. The summed E-state index contributed by atoms with van der Waals surface area (Å²) in [4.78, 5) is 20.1. The number of benzene rings is 1. The number of aryl methyl sites for hydroxylation is 1. The molecule has 2 aliphatic heterocycles. The monoisotopic (exact) mass is 371 g/mol. The Morgan fingerprint density at radius 2 is 2.22 bits per heavy atom. The average molecular weight is 371 g/mol. The minimum Gasteiger partial charge on any atom is -0.355 e. The second-order valence-electron chi connectivity index (χ2n) is 7.40. The van der Waals surface area contributed by atoms with E-state index < -0.39 is 0 Å². The highest BCUT2D eigenvalue weighted by Crippen LogP contribution is 2.30. The van der Waals surface area contributed by atoms with Crippen molar-refractivity contribution in [3.05, 3.63) is 45.6 Å². The van der Waals surface area contributed by atoms with Gasteiger partial charge in [-0.25, -0.2) is 4.99 Å². The van der Waals surface area contributed by atoms with E-state index >= 15 is 0 Å². The summed E-state index contributed by atoms with van der Waals surface area (Å²) < 4.78 is 0. The minimum atomic E-state index is -0.317. The van der Waals surface area contributed by atoms with Gasteiger partial charge in [-0.15, -0.1) is 0 Å². The zero-order valence-corrected chi connectivity index (χ0v) is 16.2. The van der Waals surface area contributed by atoms with Crippen LogP contribution in [0.25, 0.3) is 0 Å². The first-order chi connectivity index (χ1) is 13.0. The Morgan fingerprint density at radius 3 is 2.93 bits per heavy atom. The van der Waals surface area contributed by atoms with Crippen LogP contribution in [0.5, 0.6) is 0 Å². The van der Waals surface area contributed by atoms with Crippen LogP contribution in [0.1, 0.15) is 44.6 Å². The third-order valence-electron chi connectivity index (χ3n) is 5.29. The molecule has 146 valence electrons. The highest BCUT2D eigenvalue weighted by atomic mass is 16.6. The van der Waals surface area contributed by atoms with Crippen molar-refractivity contribution in [2.75, 3.05) is 24.7 Å². The maximum Gasteiger partial charge on any atom is 0.274 e. The van der Waals surface area contributed by atoms with Crippen LogP contribution in [0.4, 0.5) is 11.4 Å². The number of amidine groups is 1. The van der Waals surface area contributed by atoms with E-state index in [0.717, 1.165) is 56.7 Å². The molecule has 0 aromatic heterocycles. The van der Waals surface area contributed by atoms with Gasteiger partial charge in [-0.3, -0.25) is 10.1 Å². The van der Waals surface area contributed by atoms with Gasteiger partial charge >= 0.3 is 0 Å². The van der Waals surface area contributed by atoms with Crippen molar-refractivity contribution >= 4 is 17.2 Å². The van der Waals surface area contributed by atoms with Gasteiger partial charge in [0, 0.05) is 42.1 Å². The van der Waals surface area contributed by atoms with E-state index in [9.17, 15) is 10.1 Å². The third-order valence-corrected chi connectivity index (χ3v) is 5.29. The number of nitro groups is 1. The molecule has 1 aromatic rings. The van der Waals surface area contributed by atoms with Crippen LogP contribution >= 0.6 is 0 Å². The molecule has 0 radical (unpaired) electrons. The van der Waals surface area contributed by atoms with Crippen molar-refractivity contribution in [2.24, 2.45) is 10.7 Å². The molecule has 1 saturated heterocycles. The molecule has 0 saturated carbocycles. The summed E-state index contributed by atoms with van der Waals surface area (Å²) in [5.74, 6) is 0.995. The number of nitro benzene ring substituents is 1. The summed E-state index contributed by atoms with van der Waals surface area (Å²) >= 11 is 0. The maximum absolute atomic E-state index is 11.3. The number of allylic oxidation sites excluding steroid dienone is 1. The van der Waals surface area contributed by atoms with Gasteiger partial charge in [-0.1, -0.05) is 19.4 Å². The van der Waals surface area contributed by atoms with Crippen molar-refractivity contribution in [1.29, 1.82) is 0 Å². The number of hydrogen-bond donors (Lipinski definition) is 1. The smallest absolute Gasteiger partial charge is 0.274 e. The van der Waals surface area contributed by atoms with E-state index in [1.807, 2.05) is 12.1 Å². The summed E-state index contributed by atoms with van der Waals surface area (Å²) in [6.45, 7) is 6.24. The summed E-state index contributed by atoms with van der Waals surface area (Å²) in [5.41, 5.74) is 8.95. The molecule has 27 heavy (non-hydrogen) atoms. The molecule has 0 aliphatic carbocycles. The molecule has 2 N–H and O–H groups in total. The van der Waals surface area contributed by atoms with Crippen molar-refractivity contribution < 1.29 is 4.92 Å². The molecule has 2 heterocycles. The van der Waals surface area contributed by atoms with Gasteiger partial charge in [0.1, 0.15) is 12.5 Å². The Hall–Kier alpha value is -2.41. The Kier molecular flexibility index (Phi) is 6.11. The molecule has 2 aliphatic rings. The first kappa shape index (κ1) is 19.4. The van der Waals surface area contributed by atoms with E-state index in [2.05, 4.69) is 22.8 Å². The second kappa shape index (κ2) is 8.52. The average Bonchev–Trinajstić information content (AvgIpc) is 2.66. The van der Waals surface area contributed by atoms with E-state index in [0.29, 0.717) is 12.2 Å². The zero-order chi connectivity index (χ0) is 19.4. The lowest BCUT2D eigenvalue weighted by Crippen LogP contribution is -2.46. The lowest BCUT2D eigenvalue weighted by atomic mass is 10.1.